The summed E-state index contributed by atoms with van der Waals surface area (Å²) in [5.41, 5.74) is -2.15. The summed E-state index contributed by atoms with van der Waals surface area (Å²) in [6, 6.07) is 0. The first-order chi connectivity index (χ1) is 6.46. The van der Waals surface area contributed by atoms with Crippen molar-refractivity contribution in [2.24, 2.45) is 5.92 Å². The lowest BCUT2D eigenvalue weighted by molar-refractivity contribution is -0.527. The summed E-state index contributed by atoms with van der Waals surface area (Å²) in [6.07, 6.45) is -0.284. The third-order valence-electron chi connectivity index (χ3n) is 2.20. The number of ether oxygens (including phenoxy) is 1. The predicted molar refractivity (Wildman–Crippen MR) is 42.1 cm³/mol. The summed E-state index contributed by atoms with van der Waals surface area (Å²) in [5.74, 6) is -3.54. The van der Waals surface area contributed by atoms with Crippen molar-refractivity contribution >= 4 is 11.9 Å². The van der Waals surface area contributed by atoms with Crippen LogP contribution in [0.25, 0.3) is 0 Å². The molecule has 0 aromatic heterocycles. The molecule has 7 nitrogen and oxygen atoms in total. The van der Waals surface area contributed by atoms with Crippen molar-refractivity contribution < 1.29 is 24.4 Å². The molecule has 78 valence electrons. The molecule has 1 aliphatic rings. The summed E-state index contributed by atoms with van der Waals surface area (Å²) in [7, 11) is 0. The smallest absolute Gasteiger partial charge is 0.383 e. The molecular formula is C7H9NO6. The molecule has 1 rings (SSSR count). The van der Waals surface area contributed by atoms with E-state index in [0.717, 1.165) is 0 Å². The van der Waals surface area contributed by atoms with E-state index in [1.165, 1.54) is 0 Å². The molecule has 0 aromatic carbocycles. The van der Waals surface area contributed by atoms with E-state index in [1.54, 1.807) is 6.92 Å². The summed E-state index contributed by atoms with van der Waals surface area (Å²) in [5, 5.41) is 19.1. The Hall–Kier alpha value is -1.66. The average Bonchev–Trinajstić information content (AvgIpc) is 2.79. The van der Waals surface area contributed by atoms with Gasteiger partial charge in [0.15, 0.2) is 0 Å². The SMILES string of the molecule is CCOC(=O)C1CC1(C(=O)O)[N+](=O)[O-]. The molecule has 1 saturated carbocycles. The maximum atomic E-state index is 11.0. The van der Waals surface area contributed by atoms with E-state index < -0.39 is 28.3 Å². The van der Waals surface area contributed by atoms with Gasteiger partial charge in [0.25, 0.3) is 0 Å². The molecule has 1 aliphatic carbocycles. The van der Waals surface area contributed by atoms with Crippen molar-refractivity contribution in [1.82, 2.24) is 0 Å². The van der Waals surface area contributed by atoms with Crippen molar-refractivity contribution in [3.05, 3.63) is 10.1 Å². The molecule has 2 atom stereocenters. The predicted octanol–water partition coefficient (Wildman–Crippen LogP) is -0.330. The molecule has 0 aromatic rings. The third-order valence-corrected chi connectivity index (χ3v) is 2.20. The van der Waals surface area contributed by atoms with Gasteiger partial charge in [-0.1, -0.05) is 0 Å². The number of nitro groups is 1. The number of aliphatic carboxylic acids is 1. The molecule has 0 saturated heterocycles. The van der Waals surface area contributed by atoms with E-state index in [4.69, 9.17) is 5.11 Å². The Balaban J connectivity index is 2.76. The fraction of sp³-hybridized carbons (Fsp3) is 0.714. The molecule has 0 spiro atoms. The van der Waals surface area contributed by atoms with Crippen molar-refractivity contribution in [1.29, 1.82) is 0 Å². The second-order valence-corrected chi connectivity index (χ2v) is 3.00. The summed E-state index contributed by atoms with van der Waals surface area (Å²) in [6.45, 7) is 1.64. The van der Waals surface area contributed by atoms with Gasteiger partial charge < -0.3 is 9.84 Å². The van der Waals surface area contributed by atoms with Crippen molar-refractivity contribution in [2.45, 2.75) is 18.9 Å². The van der Waals surface area contributed by atoms with E-state index >= 15 is 0 Å². The van der Waals surface area contributed by atoms with E-state index in [2.05, 4.69) is 4.74 Å². The number of carbonyl (C=O) groups excluding carboxylic acids is 1. The van der Waals surface area contributed by atoms with Gasteiger partial charge in [0.2, 0.25) is 0 Å². The van der Waals surface area contributed by atoms with Crippen LogP contribution >= 0.6 is 0 Å². The zero-order valence-corrected chi connectivity index (χ0v) is 7.43. The van der Waals surface area contributed by atoms with Gasteiger partial charge in [0.05, 0.1) is 13.0 Å². The van der Waals surface area contributed by atoms with Gasteiger partial charge in [-0.05, 0) is 6.92 Å². The van der Waals surface area contributed by atoms with Gasteiger partial charge in [-0.2, -0.15) is 0 Å². The topological polar surface area (TPSA) is 107 Å². The van der Waals surface area contributed by atoms with Crippen molar-refractivity contribution in [2.75, 3.05) is 6.61 Å². The Kier molecular flexibility index (Phi) is 2.41. The summed E-state index contributed by atoms with van der Waals surface area (Å²) in [4.78, 5) is 31.2. The molecule has 14 heavy (non-hydrogen) atoms. The maximum absolute atomic E-state index is 11.0. The van der Waals surface area contributed by atoms with Crippen LogP contribution in [0.3, 0.4) is 0 Å². The molecule has 0 amide bonds. The first kappa shape index (κ1) is 10.4. The van der Waals surface area contributed by atoms with Gasteiger partial charge in [-0.3, -0.25) is 14.9 Å². The van der Waals surface area contributed by atoms with Crippen molar-refractivity contribution in [3.8, 4) is 0 Å². The second kappa shape index (κ2) is 3.24. The zero-order chi connectivity index (χ0) is 10.9. The lowest BCUT2D eigenvalue weighted by Gasteiger charge is -2.03. The van der Waals surface area contributed by atoms with Crippen LogP contribution in [0, 0.1) is 16.0 Å². The molecule has 1 N–H and O–H groups in total. The first-order valence-electron chi connectivity index (χ1n) is 4.01. The Morgan fingerprint density at radius 3 is 2.57 bits per heavy atom. The molecule has 0 aliphatic heterocycles. The van der Waals surface area contributed by atoms with E-state index in [9.17, 15) is 19.7 Å². The summed E-state index contributed by atoms with van der Waals surface area (Å²) >= 11 is 0. The first-order valence-corrected chi connectivity index (χ1v) is 4.01. The molecule has 0 heterocycles. The number of hydrogen-bond donors (Lipinski definition) is 1. The van der Waals surface area contributed by atoms with E-state index in [1.807, 2.05) is 0 Å². The van der Waals surface area contributed by atoms with Crippen LogP contribution in [0.15, 0.2) is 0 Å². The lowest BCUT2D eigenvalue weighted by atomic mass is 10.2. The van der Waals surface area contributed by atoms with Gasteiger partial charge >= 0.3 is 17.5 Å². The van der Waals surface area contributed by atoms with E-state index in [0.29, 0.717) is 0 Å². The largest absolute Gasteiger partial charge is 0.476 e. The number of carbonyl (C=O) groups is 2. The van der Waals surface area contributed by atoms with Crippen LogP contribution in [-0.4, -0.2) is 34.1 Å². The normalized spacial score (nSPS) is 29.4. The Bertz CT molecular complexity index is 285. The minimum absolute atomic E-state index is 0.0861. The van der Waals surface area contributed by atoms with Crippen molar-refractivity contribution in [3.63, 3.8) is 0 Å². The van der Waals surface area contributed by atoms with Crippen LogP contribution in [0.4, 0.5) is 0 Å². The van der Waals surface area contributed by atoms with Gasteiger partial charge in [-0.25, -0.2) is 4.79 Å². The number of hydrogen-bond acceptors (Lipinski definition) is 5. The average molecular weight is 203 g/mol. The van der Waals surface area contributed by atoms with Gasteiger partial charge in [0, 0.05) is 4.92 Å². The standard InChI is InChI=1S/C7H9NO6/c1-2-14-5(9)4-3-7(4,6(10)11)8(12)13/h4H,2-3H2,1H3,(H,10,11). The third kappa shape index (κ3) is 1.30. The minimum Gasteiger partial charge on any atom is -0.476 e. The van der Waals surface area contributed by atoms with Gasteiger partial charge in [0.1, 0.15) is 5.92 Å². The molecule has 0 radical (unpaired) electrons. The quantitative estimate of drug-likeness (QED) is 0.381. The minimum atomic E-state index is -2.15. The van der Waals surface area contributed by atoms with Crippen LogP contribution in [0.5, 0.6) is 0 Å². The highest BCUT2D eigenvalue weighted by atomic mass is 16.6. The molecule has 7 heteroatoms. The van der Waals surface area contributed by atoms with Gasteiger partial charge in [-0.15, -0.1) is 0 Å². The van der Waals surface area contributed by atoms with Crippen LogP contribution in [0.2, 0.25) is 0 Å². The number of rotatable bonds is 4. The number of carboxylic acids is 1. The fourth-order valence-electron chi connectivity index (χ4n) is 1.29. The zero-order valence-electron chi connectivity index (χ0n) is 7.43. The Labute approximate surface area is 78.8 Å². The monoisotopic (exact) mass is 203 g/mol. The highest BCUT2D eigenvalue weighted by Gasteiger charge is 2.77. The number of nitrogens with zero attached hydrogens (tertiary/aromatic N) is 1. The molecule has 1 fully saturated rings. The maximum Gasteiger partial charge on any atom is 0.383 e. The Morgan fingerprint density at radius 2 is 2.29 bits per heavy atom. The number of esters is 1. The molecule has 0 bridgehead atoms. The lowest BCUT2D eigenvalue weighted by Crippen LogP contribution is -2.36. The Morgan fingerprint density at radius 1 is 1.71 bits per heavy atom. The highest BCUT2D eigenvalue weighted by Crippen LogP contribution is 2.47. The number of carboxylic acid groups (broad SMARTS) is 1. The van der Waals surface area contributed by atoms with Crippen LogP contribution in [0.1, 0.15) is 13.3 Å². The van der Waals surface area contributed by atoms with E-state index in [-0.39, 0.29) is 13.0 Å². The molecular weight excluding hydrogens is 194 g/mol. The van der Waals surface area contributed by atoms with Crippen LogP contribution < -0.4 is 0 Å². The summed E-state index contributed by atoms with van der Waals surface area (Å²) < 4.78 is 4.51. The molecule has 2 unspecified atom stereocenters. The van der Waals surface area contributed by atoms with Crippen LogP contribution in [-0.2, 0) is 14.3 Å². The fourth-order valence-corrected chi connectivity index (χ4v) is 1.29. The highest BCUT2D eigenvalue weighted by molar-refractivity contribution is 5.92. The second-order valence-electron chi connectivity index (χ2n) is 3.00.